The Hall–Kier alpha value is -0.950. The van der Waals surface area contributed by atoms with Crippen molar-refractivity contribution in [2.45, 2.75) is 18.9 Å². The molecule has 1 aliphatic rings. The van der Waals surface area contributed by atoms with Crippen LogP contribution in [0.3, 0.4) is 0 Å². The van der Waals surface area contributed by atoms with E-state index in [0.717, 1.165) is 6.42 Å². The number of aromatic nitrogens is 1. The number of hydrogen-bond donors (Lipinski definition) is 1. The number of nitrogens with one attached hydrogen (secondary N) is 1. The standard InChI is InChI=1S/C10H12BrN3O2S/c1-12-9(15)6-3-2-4-14(6)10(16)7-8(11)17-5-13-7/h5-6H,2-4H2,1H3,(H,12,15)/t6-/m0/s1. The average molecular weight is 318 g/mol. The molecule has 2 heterocycles. The number of halogens is 1. The number of likely N-dealkylation sites (N-methyl/N-ethyl adjacent to an activating group) is 1. The highest BCUT2D eigenvalue weighted by molar-refractivity contribution is 9.11. The number of amides is 2. The highest BCUT2D eigenvalue weighted by Crippen LogP contribution is 2.25. The van der Waals surface area contributed by atoms with Crippen LogP contribution in [0.1, 0.15) is 23.3 Å². The molecule has 1 aliphatic heterocycles. The molecular weight excluding hydrogens is 306 g/mol. The highest BCUT2D eigenvalue weighted by atomic mass is 79.9. The summed E-state index contributed by atoms with van der Waals surface area (Å²) in [6.07, 6.45) is 1.57. The van der Waals surface area contributed by atoms with Crippen molar-refractivity contribution in [3.8, 4) is 0 Å². The van der Waals surface area contributed by atoms with Crippen molar-refractivity contribution in [2.24, 2.45) is 0 Å². The van der Waals surface area contributed by atoms with Crippen LogP contribution in [0.4, 0.5) is 0 Å². The molecule has 0 spiro atoms. The first-order valence-electron chi connectivity index (χ1n) is 5.26. The number of rotatable bonds is 2. The maximum absolute atomic E-state index is 12.2. The van der Waals surface area contributed by atoms with Crippen LogP contribution in [0.15, 0.2) is 9.30 Å². The number of thiazole rings is 1. The van der Waals surface area contributed by atoms with E-state index in [-0.39, 0.29) is 17.9 Å². The van der Waals surface area contributed by atoms with Gasteiger partial charge in [0.25, 0.3) is 5.91 Å². The number of hydrogen-bond acceptors (Lipinski definition) is 4. The minimum Gasteiger partial charge on any atom is -0.357 e. The van der Waals surface area contributed by atoms with Gasteiger partial charge in [0.15, 0.2) is 5.69 Å². The van der Waals surface area contributed by atoms with Crippen molar-refractivity contribution >= 4 is 39.1 Å². The zero-order valence-electron chi connectivity index (χ0n) is 9.27. The van der Waals surface area contributed by atoms with Gasteiger partial charge < -0.3 is 10.2 Å². The lowest BCUT2D eigenvalue weighted by molar-refractivity contribution is -0.124. The summed E-state index contributed by atoms with van der Waals surface area (Å²) in [6.45, 7) is 0.612. The maximum Gasteiger partial charge on any atom is 0.275 e. The average Bonchev–Trinajstić information content (AvgIpc) is 2.95. The molecule has 0 aliphatic carbocycles. The summed E-state index contributed by atoms with van der Waals surface area (Å²) >= 11 is 4.66. The maximum atomic E-state index is 12.2. The predicted octanol–water partition coefficient (Wildman–Crippen LogP) is 1.26. The fourth-order valence-electron chi connectivity index (χ4n) is 1.96. The smallest absolute Gasteiger partial charge is 0.275 e. The zero-order valence-corrected chi connectivity index (χ0v) is 11.7. The molecule has 0 saturated carbocycles. The molecule has 5 nitrogen and oxygen atoms in total. The van der Waals surface area contributed by atoms with Crippen molar-refractivity contribution in [3.63, 3.8) is 0 Å². The second kappa shape index (κ2) is 5.14. The molecule has 2 rings (SSSR count). The van der Waals surface area contributed by atoms with Crippen LogP contribution >= 0.6 is 27.3 Å². The van der Waals surface area contributed by atoms with Crippen LogP contribution in [0.2, 0.25) is 0 Å². The lowest BCUT2D eigenvalue weighted by atomic mass is 10.2. The van der Waals surface area contributed by atoms with Gasteiger partial charge in [-0.2, -0.15) is 0 Å². The van der Waals surface area contributed by atoms with E-state index < -0.39 is 0 Å². The third kappa shape index (κ3) is 2.35. The Balaban J connectivity index is 2.19. The molecule has 2 amide bonds. The number of carbonyl (C=O) groups excluding carboxylic acids is 2. The highest BCUT2D eigenvalue weighted by Gasteiger charge is 2.35. The summed E-state index contributed by atoms with van der Waals surface area (Å²) in [5.41, 5.74) is 2.01. The van der Waals surface area contributed by atoms with E-state index in [1.807, 2.05) is 0 Å². The van der Waals surface area contributed by atoms with Crippen molar-refractivity contribution < 1.29 is 9.59 Å². The van der Waals surface area contributed by atoms with Crippen molar-refractivity contribution in [2.75, 3.05) is 13.6 Å². The minimum atomic E-state index is -0.360. The second-order valence-electron chi connectivity index (χ2n) is 3.75. The SMILES string of the molecule is CNC(=O)[C@@H]1CCCN1C(=O)c1ncsc1Br. The number of nitrogens with zero attached hydrogens (tertiary/aromatic N) is 2. The van der Waals surface area contributed by atoms with Crippen LogP contribution in [0.25, 0.3) is 0 Å². The molecule has 1 saturated heterocycles. The lowest BCUT2D eigenvalue weighted by Crippen LogP contribution is -2.45. The first kappa shape index (κ1) is 12.5. The first-order chi connectivity index (χ1) is 8.15. The van der Waals surface area contributed by atoms with Gasteiger partial charge in [0.1, 0.15) is 9.83 Å². The third-order valence-electron chi connectivity index (χ3n) is 2.79. The summed E-state index contributed by atoms with van der Waals surface area (Å²) in [7, 11) is 1.59. The van der Waals surface area contributed by atoms with E-state index in [4.69, 9.17) is 0 Å². The molecule has 0 aromatic carbocycles. The van der Waals surface area contributed by atoms with Crippen LogP contribution in [0.5, 0.6) is 0 Å². The third-order valence-corrected chi connectivity index (χ3v) is 4.34. The van der Waals surface area contributed by atoms with Gasteiger partial charge in [-0.25, -0.2) is 4.98 Å². The van der Waals surface area contributed by atoms with Crippen LogP contribution in [0, 0.1) is 0 Å². The van der Waals surface area contributed by atoms with E-state index in [9.17, 15) is 9.59 Å². The molecule has 17 heavy (non-hydrogen) atoms. The van der Waals surface area contributed by atoms with Gasteiger partial charge in [0.05, 0.1) is 5.51 Å². The lowest BCUT2D eigenvalue weighted by Gasteiger charge is -2.22. The fourth-order valence-corrected chi connectivity index (χ4v) is 2.98. The van der Waals surface area contributed by atoms with Gasteiger partial charge in [0.2, 0.25) is 5.91 Å². The normalized spacial score (nSPS) is 19.4. The topological polar surface area (TPSA) is 62.3 Å². The largest absolute Gasteiger partial charge is 0.357 e. The Bertz CT molecular complexity index is 449. The van der Waals surface area contributed by atoms with Gasteiger partial charge in [-0.3, -0.25) is 9.59 Å². The molecule has 1 N–H and O–H groups in total. The summed E-state index contributed by atoms with van der Waals surface area (Å²) in [5, 5.41) is 2.59. The van der Waals surface area contributed by atoms with E-state index >= 15 is 0 Å². The van der Waals surface area contributed by atoms with E-state index in [1.165, 1.54) is 11.3 Å². The van der Waals surface area contributed by atoms with Gasteiger partial charge in [-0.15, -0.1) is 11.3 Å². The minimum absolute atomic E-state index is 0.109. The first-order valence-corrected chi connectivity index (χ1v) is 6.94. The Labute approximate surface area is 111 Å². The molecule has 0 radical (unpaired) electrons. The zero-order chi connectivity index (χ0) is 12.4. The summed E-state index contributed by atoms with van der Waals surface area (Å²) in [4.78, 5) is 29.5. The van der Waals surface area contributed by atoms with Crippen molar-refractivity contribution in [1.82, 2.24) is 15.2 Å². The molecule has 1 aromatic heterocycles. The van der Waals surface area contributed by atoms with Crippen molar-refractivity contribution in [1.29, 1.82) is 0 Å². The summed E-state index contributed by atoms with van der Waals surface area (Å²) in [5.74, 6) is -0.286. The Morgan fingerprint density at radius 2 is 2.41 bits per heavy atom. The monoisotopic (exact) mass is 317 g/mol. The molecule has 1 aromatic rings. The van der Waals surface area contributed by atoms with Crippen LogP contribution in [-0.2, 0) is 4.79 Å². The summed E-state index contributed by atoms with van der Waals surface area (Å²) < 4.78 is 0.713. The van der Waals surface area contributed by atoms with Gasteiger partial charge in [-0.1, -0.05) is 0 Å². The Morgan fingerprint density at radius 1 is 1.65 bits per heavy atom. The van der Waals surface area contributed by atoms with Gasteiger partial charge in [-0.05, 0) is 28.8 Å². The van der Waals surface area contributed by atoms with Gasteiger partial charge in [0, 0.05) is 13.6 Å². The molecule has 0 bridgehead atoms. The number of carbonyl (C=O) groups is 2. The van der Waals surface area contributed by atoms with Crippen LogP contribution in [-0.4, -0.2) is 41.3 Å². The second-order valence-corrected chi connectivity index (χ2v) is 5.92. The molecule has 1 fully saturated rings. The molecule has 7 heteroatoms. The van der Waals surface area contributed by atoms with E-state index in [0.29, 0.717) is 22.4 Å². The molecule has 1 atom stereocenters. The molecule has 92 valence electrons. The molecule has 0 unspecified atom stereocenters. The van der Waals surface area contributed by atoms with Crippen LogP contribution < -0.4 is 5.32 Å². The van der Waals surface area contributed by atoms with Gasteiger partial charge >= 0.3 is 0 Å². The summed E-state index contributed by atoms with van der Waals surface area (Å²) in [6, 6.07) is -0.360. The molecular formula is C10H12BrN3O2S. The fraction of sp³-hybridized carbons (Fsp3) is 0.500. The Kier molecular flexibility index (Phi) is 3.78. The van der Waals surface area contributed by atoms with E-state index in [2.05, 4.69) is 26.2 Å². The predicted molar refractivity (Wildman–Crippen MR) is 67.9 cm³/mol. The quantitative estimate of drug-likeness (QED) is 0.893. The Morgan fingerprint density at radius 3 is 3.00 bits per heavy atom. The van der Waals surface area contributed by atoms with E-state index in [1.54, 1.807) is 17.5 Å². The number of likely N-dealkylation sites (tertiary alicyclic amines) is 1. The van der Waals surface area contributed by atoms with Crippen molar-refractivity contribution in [3.05, 3.63) is 15.0 Å².